The highest BCUT2D eigenvalue weighted by Crippen LogP contribution is 2.38. The Hall–Kier alpha value is -2.49. The molecule has 2 aromatic carbocycles. The standard InChI is InChI=1S/C24H34N2O2/c1-5-7-8-11-16-24(3,4)18-14-15-20(22(27)17-18)19-12-9-10-13-21(19)26-23(28)25-6-2/h9-10,12-15,17,27H,5-8,11,16H2,1-4H3,(H2,25,26,28). The summed E-state index contributed by atoms with van der Waals surface area (Å²) in [6.07, 6.45) is 6.06. The SMILES string of the molecule is CCCCCCC(C)(C)c1ccc(-c2ccccc2NC(=O)NCC)c(O)c1. The minimum Gasteiger partial charge on any atom is -0.507 e. The summed E-state index contributed by atoms with van der Waals surface area (Å²) >= 11 is 0. The number of para-hydroxylation sites is 1. The van der Waals surface area contributed by atoms with E-state index >= 15 is 0 Å². The average Bonchev–Trinajstić information content (AvgIpc) is 2.66. The van der Waals surface area contributed by atoms with E-state index in [1.807, 2.05) is 43.3 Å². The molecule has 152 valence electrons. The van der Waals surface area contributed by atoms with Crippen LogP contribution in [-0.4, -0.2) is 17.7 Å². The van der Waals surface area contributed by atoms with Gasteiger partial charge >= 0.3 is 6.03 Å². The van der Waals surface area contributed by atoms with Gasteiger partial charge in [0.25, 0.3) is 0 Å². The molecule has 0 spiro atoms. The van der Waals surface area contributed by atoms with Crippen molar-refractivity contribution < 1.29 is 9.90 Å². The number of aromatic hydroxyl groups is 1. The molecular formula is C24H34N2O2. The first kappa shape index (κ1) is 21.8. The molecule has 0 aliphatic rings. The fourth-order valence-corrected chi connectivity index (χ4v) is 3.47. The molecule has 2 aromatic rings. The summed E-state index contributed by atoms with van der Waals surface area (Å²) in [4.78, 5) is 11.9. The van der Waals surface area contributed by atoms with E-state index in [0.29, 0.717) is 12.2 Å². The predicted molar refractivity (Wildman–Crippen MR) is 118 cm³/mol. The molecule has 0 saturated carbocycles. The van der Waals surface area contributed by atoms with Gasteiger partial charge in [0.2, 0.25) is 0 Å². The number of nitrogens with one attached hydrogen (secondary N) is 2. The van der Waals surface area contributed by atoms with Gasteiger partial charge in [0.15, 0.2) is 0 Å². The lowest BCUT2D eigenvalue weighted by molar-refractivity contribution is 0.252. The second-order valence-electron chi connectivity index (χ2n) is 7.96. The zero-order valence-electron chi connectivity index (χ0n) is 17.6. The van der Waals surface area contributed by atoms with Gasteiger partial charge in [-0.05, 0) is 36.5 Å². The number of urea groups is 1. The van der Waals surface area contributed by atoms with Crippen molar-refractivity contribution in [2.45, 2.75) is 65.2 Å². The number of benzene rings is 2. The Kier molecular flexibility index (Phi) is 7.91. The number of amides is 2. The fraction of sp³-hybridized carbons (Fsp3) is 0.458. The van der Waals surface area contributed by atoms with Gasteiger partial charge in [-0.15, -0.1) is 0 Å². The molecule has 2 amide bonds. The van der Waals surface area contributed by atoms with Crippen molar-refractivity contribution >= 4 is 11.7 Å². The third kappa shape index (κ3) is 5.75. The molecule has 2 rings (SSSR count). The van der Waals surface area contributed by atoms with Gasteiger partial charge < -0.3 is 15.7 Å². The smallest absolute Gasteiger partial charge is 0.319 e. The molecular weight excluding hydrogens is 348 g/mol. The minimum atomic E-state index is -0.251. The Morgan fingerprint density at radius 1 is 1.00 bits per heavy atom. The number of hydrogen-bond acceptors (Lipinski definition) is 2. The van der Waals surface area contributed by atoms with Crippen LogP contribution in [0.25, 0.3) is 11.1 Å². The zero-order valence-corrected chi connectivity index (χ0v) is 17.6. The van der Waals surface area contributed by atoms with Crippen molar-refractivity contribution in [3.63, 3.8) is 0 Å². The monoisotopic (exact) mass is 382 g/mol. The van der Waals surface area contributed by atoms with Crippen molar-refractivity contribution in [3.8, 4) is 16.9 Å². The summed E-state index contributed by atoms with van der Waals surface area (Å²) in [7, 11) is 0. The van der Waals surface area contributed by atoms with Gasteiger partial charge in [0, 0.05) is 17.7 Å². The second-order valence-corrected chi connectivity index (χ2v) is 7.96. The number of carbonyl (C=O) groups is 1. The second kappa shape index (κ2) is 10.2. The quantitative estimate of drug-likeness (QED) is 0.436. The molecule has 0 aliphatic heterocycles. The first-order valence-electron chi connectivity index (χ1n) is 10.4. The van der Waals surface area contributed by atoms with Crippen LogP contribution < -0.4 is 10.6 Å². The van der Waals surface area contributed by atoms with Gasteiger partial charge in [0.05, 0.1) is 5.69 Å². The Morgan fingerprint density at radius 2 is 1.75 bits per heavy atom. The van der Waals surface area contributed by atoms with Crippen molar-refractivity contribution in [3.05, 3.63) is 48.0 Å². The third-order valence-corrected chi connectivity index (χ3v) is 5.24. The molecule has 0 atom stereocenters. The van der Waals surface area contributed by atoms with Crippen LogP contribution in [0.4, 0.5) is 10.5 Å². The molecule has 3 N–H and O–H groups in total. The van der Waals surface area contributed by atoms with E-state index in [1.54, 1.807) is 0 Å². The van der Waals surface area contributed by atoms with Crippen molar-refractivity contribution in [2.75, 3.05) is 11.9 Å². The highest BCUT2D eigenvalue weighted by Gasteiger charge is 2.22. The largest absolute Gasteiger partial charge is 0.507 e. The first-order chi connectivity index (χ1) is 13.4. The van der Waals surface area contributed by atoms with Gasteiger partial charge in [0.1, 0.15) is 5.75 Å². The Morgan fingerprint density at radius 3 is 2.43 bits per heavy atom. The number of unbranched alkanes of at least 4 members (excludes halogenated alkanes) is 3. The Bertz CT molecular complexity index is 784. The van der Waals surface area contributed by atoms with E-state index in [9.17, 15) is 9.90 Å². The van der Waals surface area contributed by atoms with Crippen molar-refractivity contribution in [1.29, 1.82) is 0 Å². The maximum absolute atomic E-state index is 11.9. The molecule has 4 heteroatoms. The highest BCUT2D eigenvalue weighted by atomic mass is 16.3. The van der Waals surface area contributed by atoms with E-state index in [0.717, 1.165) is 23.1 Å². The number of carbonyl (C=O) groups excluding carboxylic acids is 1. The number of phenols is 1. The fourth-order valence-electron chi connectivity index (χ4n) is 3.47. The van der Waals surface area contributed by atoms with Gasteiger partial charge in [-0.2, -0.15) is 0 Å². The van der Waals surface area contributed by atoms with Crippen molar-refractivity contribution in [1.82, 2.24) is 5.32 Å². The van der Waals surface area contributed by atoms with Crippen LogP contribution in [-0.2, 0) is 5.41 Å². The lowest BCUT2D eigenvalue weighted by Crippen LogP contribution is -2.28. The molecule has 0 aromatic heterocycles. The van der Waals surface area contributed by atoms with E-state index in [2.05, 4.69) is 37.5 Å². The molecule has 0 bridgehead atoms. The van der Waals surface area contributed by atoms with Gasteiger partial charge in [-0.3, -0.25) is 0 Å². The summed E-state index contributed by atoms with van der Waals surface area (Å²) < 4.78 is 0. The Balaban J connectivity index is 2.24. The predicted octanol–water partition coefficient (Wildman–Crippen LogP) is 6.45. The van der Waals surface area contributed by atoms with Crippen LogP contribution in [0.1, 0.15) is 65.4 Å². The molecule has 0 heterocycles. The van der Waals surface area contributed by atoms with Crippen LogP contribution in [0.3, 0.4) is 0 Å². The average molecular weight is 383 g/mol. The van der Waals surface area contributed by atoms with Crippen LogP contribution in [0.15, 0.2) is 42.5 Å². The van der Waals surface area contributed by atoms with E-state index in [1.165, 1.54) is 25.7 Å². The third-order valence-electron chi connectivity index (χ3n) is 5.24. The molecule has 28 heavy (non-hydrogen) atoms. The first-order valence-corrected chi connectivity index (χ1v) is 10.4. The highest BCUT2D eigenvalue weighted by molar-refractivity contribution is 5.95. The molecule has 0 unspecified atom stereocenters. The Labute approximate surface area is 169 Å². The van der Waals surface area contributed by atoms with E-state index in [4.69, 9.17) is 0 Å². The lowest BCUT2D eigenvalue weighted by Gasteiger charge is -2.26. The van der Waals surface area contributed by atoms with E-state index in [-0.39, 0.29) is 17.2 Å². The van der Waals surface area contributed by atoms with Crippen LogP contribution >= 0.6 is 0 Å². The van der Waals surface area contributed by atoms with Crippen molar-refractivity contribution in [2.24, 2.45) is 0 Å². The summed E-state index contributed by atoms with van der Waals surface area (Å²) in [6, 6.07) is 13.2. The lowest BCUT2D eigenvalue weighted by atomic mass is 9.79. The van der Waals surface area contributed by atoms with Crippen LogP contribution in [0.5, 0.6) is 5.75 Å². The normalized spacial score (nSPS) is 11.3. The summed E-state index contributed by atoms with van der Waals surface area (Å²) in [5, 5.41) is 16.3. The molecule has 0 fully saturated rings. The number of rotatable bonds is 9. The topological polar surface area (TPSA) is 61.4 Å². The number of hydrogen-bond donors (Lipinski definition) is 3. The number of phenolic OH excluding ortho intramolecular Hbond substituents is 1. The molecule has 4 nitrogen and oxygen atoms in total. The van der Waals surface area contributed by atoms with Gasteiger partial charge in [-0.25, -0.2) is 4.79 Å². The number of anilines is 1. The maximum atomic E-state index is 11.9. The van der Waals surface area contributed by atoms with E-state index < -0.39 is 0 Å². The maximum Gasteiger partial charge on any atom is 0.319 e. The summed E-state index contributed by atoms with van der Waals surface area (Å²) in [5.41, 5.74) is 3.36. The van der Waals surface area contributed by atoms with Crippen LogP contribution in [0, 0.1) is 0 Å². The van der Waals surface area contributed by atoms with Crippen LogP contribution in [0.2, 0.25) is 0 Å². The minimum absolute atomic E-state index is 0.0164. The molecule has 0 radical (unpaired) electrons. The zero-order chi connectivity index (χ0) is 20.6. The summed E-state index contributed by atoms with van der Waals surface area (Å²) in [5.74, 6) is 0.240. The molecule has 0 aliphatic carbocycles. The van der Waals surface area contributed by atoms with Gasteiger partial charge in [-0.1, -0.05) is 76.8 Å². The molecule has 0 saturated heterocycles. The summed E-state index contributed by atoms with van der Waals surface area (Å²) in [6.45, 7) is 9.12.